The molecule has 30 heavy (non-hydrogen) atoms. The fraction of sp³-hybridized carbons (Fsp3) is 0.682. The number of rotatable bonds is 10. The van der Waals surface area contributed by atoms with Crippen molar-refractivity contribution in [3.63, 3.8) is 0 Å². The quantitative estimate of drug-likeness (QED) is 0.208. The Balaban J connectivity index is 0.00000450. The number of nitrogens with zero attached hydrogens (tertiary/aromatic N) is 2. The van der Waals surface area contributed by atoms with Gasteiger partial charge in [-0.3, -0.25) is 4.99 Å². The van der Waals surface area contributed by atoms with Gasteiger partial charge in [0, 0.05) is 38.9 Å². The summed E-state index contributed by atoms with van der Waals surface area (Å²) >= 11 is 0. The third-order valence-corrected chi connectivity index (χ3v) is 5.64. The molecule has 1 aromatic rings. The van der Waals surface area contributed by atoms with E-state index in [0.29, 0.717) is 6.61 Å². The van der Waals surface area contributed by atoms with Crippen LogP contribution in [0.3, 0.4) is 0 Å². The summed E-state index contributed by atoms with van der Waals surface area (Å²) in [6.07, 6.45) is 4.03. The van der Waals surface area contributed by atoms with Crippen LogP contribution >= 0.6 is 24.0 Å². The van der Waals surface area contributed by atoms with Crippen LogP contribution in [0.25, 0.3) is 0 Å². The van der Waals surface area contributed by atoms with E-state index >= 15 is 0 Å². The number of ether oxygens (including phenoxy) is 3. The monoisotopic (exact) mass is 534 g/mol. The van der Waals surface area contributed by atoms with Gasteiger partial charge in [-0.25, -0.2) is 0 Å². The van der Waals surface area contributed by atoms with Crippen LogP contribution in [0.1, 0.15) is 31.7 Å². The van der Waals surface area contributed by atoms with Crippen LogP contribution in [-0.2, 0) is 11.2 Å². The molecule has 172 valence electrons. The molecular weight excluding hydrogens is 495 g/mol. The molecule has 0 spiro atoms. The zero-order valence-electron chi connectivity index (χ0n) is 19.1. The molecule has 1 aliphatic rings. The van der Waals surface area contributed by atoms with Gasteiger partial charge in [-0.05, 0) is 64.4 Å². The molecule has 0 saturated carbocycles. The molecular formula is C22H39IN4O3. The van der Waals surface area contributed by atoms with E-state index in [2.05, 4.69) is 46.8 Å². The summed E-state index contributed by atoms with van der Waals surface area (Å²) in [5, 5.41) is 6.94. The zero-order valence-corrected chi connectivity index (χ0v) is 21.5. The first-order valence-electron chi connectivity index (χ1n) is 10.5. The minimum atomic E-state index is 0. The molecule has 0 aliphatic carbocycles. The number of aryl methyl sites for hydroxylation is 1. The summed E-state index contributed by atoms with van der Waals surface area (Å²) < 4.78 is 16.6. The van der Waals surface area contributed by atoms with Crippen molar-refractivity contribution in [2.45, 2.75) is 38.1 Å². The number of aliphatic imine (C=N–C) groups is 1. The van der Waals surface area contributed by atoms with Crippen molar-refractivity contribution in [1.82, 2.24) is 15.5 Å². The van der Waals surface area contributed by atoms with Crippen molar-refractivity contribution >= 4 is 29.9 Å². The van der Waals surface area contributed by atoms with Gasteiger partial charge in [0.25, 0.3) is 0 Å². The number of guanidine groups is 1. The number of hydrogen-bond acceptors (Lipinski definition) is 5. The molecule has 0 atom stereocenters. The highest BCUT2D eigenvalue weighted by atomic mass is 127. The lowest BCUT2D eigenvalue weighted by Gasteiger charge is -2.43. The second kappa shape index (κ2) is 13.9. The lowest BCUT2D eigenvalue weighted by Crippen LogP contribution is -2.57. The molecule has 0 bridgehead atoms. The Morgan fingerprint density at radius 3 is 2.53 bits per heavy atom. The Kier molecular flexibility index (Phi) is 12.4. The first kappa shape index (κ1) is 26.8. The van der Waals surface area contributed by atoms with Gasteiger partial charge in [0.15, 0.2) is 17.5 Å². The van der Waals surface area contributed by atoms with Gasteiger partial charge < -0.3 is 29.7 Å². The maximum Gasteiger partial charge on any atom is 0.191 e. The number of likely N-dealkylation sites (N-methyl/N-ethyl adjacent to an activating group) is 1. The predicted molar refractivity (Wildman–Crippen MR) is 134 cm³/mol. The minimum absolute atomic E-state index is 0. The van der Waals surface area contributed by atoms with Gasteiger partial charge in [0.1, 0.15) is 0 Å². The van der Waals surface area contributed by atoms with Crippen molar-refractivity contribution in [2.24, 2.45) is 4.99 Å². The largest absolute Gasteiger partial charge is 0.493 e. The van der Waals surface area contributed by atoms with Crippen LogP contribution in [0.4, 0.5) is 0 Å². The number of methoxy groups -OCH3 is 1. The molecule has 2 rings (SSSR count). The zero-order chi connectivity index (χ0) is 21.1. The van der Waals surface area contributed by atoms with Gasteiger partial charge in [-0.1, -0.05) is 6.07 Å². The molecule has 7 nitrogen and oxygen atoms in total. The fourth-order valence-corrected chi connectivity index (χ4v) is 3.65. The topological polar surface area (TPSA) is 67.4 Å². The van der Waals surface area contributed by atoms with E-state index in [-0.39, 0.29) is 29.5 Å². The van der Waals surface area contributed by atoms with E-state index in [1.54, 1.807) is 7.11 Å². The highest BCUT2D eigenvalue weighted by Gasteiger charge is 2.34. The van der Waals surface area contributed by atoms with E-state index in [1.165, 1.54) is 5.56 Å². The Labute approximate surface area is 199 Å². The van der Waals surface area contributed by atoms with Gasteiger partial charge in [-0.15, -0.1) is 24.0 Å². The maximum atomic E-state index is 5.67. The summed E-state index contributed by atoms with van der Waals surface area (Å²) in [6, 6.07) is 6.14. The summed E-state index contributed by atoms with van der Waals surface area (Å²) in [5.74, 6) is 2.44. The first-order valence-corrected chi connectivity index (χ1v) is 10.5. The smallest absolute Gasteiger partial charge is 0.191 e. The molecule has 0 radical (unpaired) electrons. The van der Waals surface area contributed by atoms with E-state index < -0.39 is 0 Å². The predicted octanol–water partition coefficient (Wildman–Crippen LogP) is 2.92. The van der Waals surface area contributed by atoms with Gasteiger partial charge in [-0.2, -0.15) is 0 Å². The molecule has 1 aliphatic heterocycles. The van der Waals surface area contributed by atoms with E-state index in [1.807, 2.05) is 20.0 Å². The normalized spacial score (nSPS) is 16.0. The van der Waals surface area contributed by atoms with Gasteiger partial charge in [0.05, 0.1) is 13.7 Å². The minimum Gasteiger partial charge on any atom is -0.493 e. The maximum absolute atomic E-state index is 5.67. The number of benzene rings is 1. The summed E-state index contributed by atoms with van der Waals surface area (Å²) in [6.45, 7) is 5.96. The van der Waals surface area contributed by atoms with Crippen LogP contribution in [0.5, 0.6) is 11.5 Å². The van der Waals surface area contributed by atoms with Crippen LogP contribution < -0.4 is 20.1 Å². The molecule has 1 heterocycles. The summed E-state index contributed by atoms with van der Waals surface area (Å²) in [5.41, 5.74) is 1.36. The Morgan fingerprint density at radius 1 is 1.20 bits per heavy atom. The highest BCUT2D eigenvalue weighted by molar-refractivity contribution is 14.0. The lowest BCUT2D eigenvalue weighted by atomic mass is 9.88. The average molecular weight is 534 g/mol. The molecule has 0 unspecified atom stereocenters. The number of halogens is 1. The van der Waals surface area contributed by atoms with Crippen LogP contribution in [0, 0.1) is 0 Å². The van der Waals surface area contributed by atoms with E-state index in [9.17, 15) is 0 Å². The third kappa shape index (κ3) is 7.77. The van der Waals surface area contributed by atoms with Crippen molar-refractivity contribution in [2.75, 3.05) is 61.2 Å². The Morgan fingerprint density at radius 2 is 1.93 bits per heavy atom. The van der Waals surface area contributed by atoms with Gasteiger partial charge >= 0.3 is 0 Å². The second-order valence-electron chi connectivity index (χ2n) is 7.61. The number of hydrogen-bond donors (Lipinski definition) is 2. The van der Waals surface area contributed by atoms with Crippen molar-refractivity contribution in [1.29, 1.82) is 0 Å². The lowest BCUT2D eigenvalue weighted by molar-refractivity contribution is -0.00501. The fourth-order valence-electron chi connectivity index (χ4n) is 3.65. The third-order valence-electron chi connectivity index (χ3n) is 5.64. The van der Waals surface area contributed by atoms with Crippen LogP contribution in [-0.4, -0.2) is 77.6 Å². The van der Waals surface area contributed by atoms with Crippen molar-refractivity contribution in [3.8, 4) is 11.5 Å². The molecule has 2 N–H and O–H groups in total. The molecule has 0 aromatic heterocycles. The Hall–Kier alpha value is -1.26. The van der Waals surface area contributed by atoms with Crippen molar-refractivity contribution < 1.29 is 14.2 Å². The second-order valence-corrected chi connectivity index (χ2v) is 7.61. The summed E-state index contributed by atoms with van der Waals surface area (Å²) in [7, 11) is 7.78. The highest BCUT2D eigenvalue weighted by Crippen LogP contribution is 2.28. The van der Waals surface area contributed by atoms with Gasteiger partial charge in [0.2, 0.25) is 0 Å². The standard InChI is InChI=1S/C22H38N4O3.HI/c1-6-29-20-16-18(9-10-19(20)27-5)8-7-13-24-21(23-2)25-17-22(26(3)4)11-14-28-15-12-22;/h9-10,16H,6-8,11-15,17H2,1-5H3,(H2,23,24,25);1H. The van der Waals surface area contributed by atoms with Crippen LogP contribution in [0.15, 0.2) is 23.2 Å². The van der Waals surface area contributed by atoms with Crippen LogP contribution in [0.2, 0.25) is 0 Å². The molecule has 8 heteroatoms. The Bertz CT molecular complexity index is 649. The molecule has 1 fully saturated rings. The molecule has 0 amide bonds. The molecule has 1 saturated heterocycles. The number of nitrogens with one attached hydrogen (secondary N) is 2. The summed E-state index contributed by atoms with van der Waals surface area (Å²) in [4.78, 5) is 6.69. The SMILES string of the molecule is CCOc1cc(CCCNC(=NC)NCC2(N(C)C)CCOCC2)ccc1OC.I. The molecule has 1 aromatic carbocycles. The first-order chi connectivity index (χ1) is 14.0. The van der Waals surface area contributed by atoms with E-state index in [4.69, 9.17) is 14.2 Å². The van der Waals surface area contributed by atoms with Crippen molar-refractivity contribution in [3.05, 3.63) is 23.8 Å². The van der Waals surface area contributed by atoms with E-state index in [0.717, 1.165) is 69.4 Å². The average Bonchev–Trinajstić information content (AvgIpc) is 2.74.